The number of Topliss-reactive ketones (excluding diaryl/α,β-unsaturated/α-hetero) is 1. The highest BCUT2D eigenvalue weighted by atomic mass is 16.1. The second kappa shape index (κ2) is 13.0. The van der Waals surface area contributed by atoms with Crippen molar-refractivity contribution in [3.8, 4) is 12.3 Å². The Hall–Kier alpha value is -3.89. The van der Waals surface area contributed by atoms with Crippen LogP contribution in [-0.2, 0) is 17.6 Å². The van der Waals surface area contributed by atoms with E-state index in [-0.39, 0.29) is 5.78 Å². The fraction of sp³-hybridized carbons (Fsp3) is 0.308. The van der Waals surface area contributed by atoms with Gasteiger partial charge in [0, 0.05) is 17.9 Å². The van der Waals surface area contributed by atoms with E-state index in [1.54, 1.807) is 6.92 Å². The summed E-state index contributed by atoms with van der Waals surface area (Å²) in [5.41, 5.74) is 9.80. The highest BCUT2D eigenvalue weighted by molar-refractivity contribution is 5.98. The molecule has 1 nitrogen and oxygen atoms in total. The van der Waals surface area contributed by atoms with Gasteiger partial charge in [0.05, 0.1) is 0 Å². The van der Waals surface area contributed by atoms with E-state index >= 15 is 0 Å². The van der Waals surface area contributed by atoms with Crippen molar-refractivity contribution in [2.45, 2.75) is 64.2 Å². The highest BCUT2D eigenvalue weighted by Crippen LogP contribution is 2.44. The molecule has 3 aromatic carbocycles. The first-order valence-electron chi connectivity index (χ1n) is 14.8. The minimum Gasteiger partial charge on any atom is -0.295 e. The van der Waals surface area contributed by atoms with Crippen LogP contribution in [0.4, 0.5) is 0 Å². The molecule has 0 N–H and O–H groups in total. The second-order valence-corrected chi connectivity index (χ2v) is 11.7. The lowest BCUT2D eigenvalue weighted by molar-refractivity contribution is -0.113. The number of hydrogen-bond donors (Lipinski definition) is 0. The van der Waals surface area contributed by atoms with Crippen molar-refractivity contribution in [2.24, 2.45) is 11.8 Å². The molecule has 1 heteroatoms. The van der Waals surface area contributed by atoms with Crippen LogP contribution < -0.4 is 0 Å². The number of hydrogen-bond acceptors (Lipinski definition) is 1. The molecule has 2 aliphatic carbocycles. The summed E-state index contributed by atoms with van der Waals surface area (Å²) in [6.45, 7) is 6.33. The lowest BCUT2D eigenvalue weighted by Crippen LogP contribution is -2.23. The molecule has 40 heavy (non-hydrogen) atoms. The summed E-state index contributed by atoms with van der Waals surface area (Å²) in [5.74, 6) is 4.60. The van der Waals surface area contributed by atoms with Crippen LogP contribution in [-0.4, -0.2) is 5.78 Å². The van der Waals surface area contributed by atoms with Crippen molar-refractivity contribution in [1.29, 1.82) is 0 Å². The maximum absolute atomic E-state index is 11.8. The van der Waals surface area contributed by atoms with Crippen molar-refractivity contribution in [1.82, 2.24) is 0 Å². The van der Waals surface area contributed by atoms with Gasteiger partial charge in [-0.15, -0.1) is 6.42 Å². The fourth-order valence-corrected chi connectivity index (χ4v) is 6.61. The minimum atomic E-state index is 0.165. The molecule has 0 saturated heterocycles. The largest absolute Gasteiger partial charge is 0.295 e. The van der Waals surface area contributed by atoms with Crippen LogP contribution in [0.1, 0.15) is 79.2 Å². The molecule has 0 amide bonds. The predicted octanol–water partition coefficient (Wildman–Crippen LogP) is 9.29. The van der Waals surface area contributed by atoms with Crippen molar-refractivity contribution in [3.05, 3.63) is 137 Å². The highest BCUT2D eigenvalue weighted by Gasteiger charge is 2.30. The van der Waals surface area contributed by atoms with Crippen LogP contribution in [0.25, 0.3) is 5.57 Å². The van der Waals surface area contributed by atoms with E-state index in [0.29, 0.717) is 11.8 Å². The average molecular weight is 525 g/mol. The molecule has 0 heterocycles. The summed E-state index contributed by atoms with van der Waals surface area (Å²) in [4.78, 5) is 11.8. The molecule has 0 radical (unpaired) electrons. The van der Waals surface area contributed by atoms with Crippen LogP contribution >= 0.6 is 0 Å². The molecule has 0 spiro atoms. The van der Waals surface area contributed by atoms with E-state index in [2.05, 4.69) is 97.4 Å². The molecular formula is C39H40O. The normalized spacial score (nSPS) is 19.3. The van der Waals surface area contributed by atoms with E-state index in [4.69, 9.17) is 6.42 Å². The van der Waals surface area contributed by atoms with Gasteiger partial charge < -0.3 is 0 Å². The SMILES string of the molecule is C#Cc1ccc(CC2CCC(C(C(=C)CCc3ccccc3)c3ccc(C4=CC=C(C(C)=O)C4)cc3)CC2)cc1. The smallest absolute Gasteiger partial charge is 0.156 e. The molecule has 0 bridgehead atoms. The second-order valence-electron chi connectivity index (χ2n) is 11.7. The van der Waals surface area contributed by atoms with Crippen molar-refractivity contribution in [3.63, 3.8) is 0 Å². The topological polar surface area (TPSA) is 17.1 Å². The van der Waals surface area contributed by atoms with Crippen LogP contribution in [0.15, 0.2) is 109 Å². The first-order chi connectivity index (χ1) is 19.5. The fourth-order valence-electron chi connectivity index (χ4n) is 6.61. The summed E-state index contributed by atoms with van der Waals surface area (Å²) in [6.07, 6.45) is 18.5. The minimum absolute atomic E-state index is 0.165. The van der Waals surface area contributed by atoms with Crippen molar-refractivity contribution >= 4 is 11.4 Å². The molecule has 1 unspecified atom stereocenters. The number of ketones is 1. The molecule has 0 aromatic heterocycles. The van der Waals surface area contributed by atoms with E-state index in [0.717, 1.165) is 42.7 Å². The zero-order chi connectivity index (χ0) is 27.9. The van der Waals surface area contributed by atoms with Gasteiger partial charge in [0.1, 0.15) is 0 Å². The quantitative estimate of drug-likeness (QED) is 0.191. The number of terminal acetylenes is 1. The Morgan fingerprint density at radius 3 is 2.23 bits per heavy atom. The zero-order valence-corrected chi connectivity index (χ0v) is 23.7. The molecule has 202 valence electrons. The molecule has 3 aromatic rings. The van der Waals surface area contributed by atoms with Gasteiger partial charge in [0.25, 0.3) is 0 Å². The van der Waals surface area contributed by atoms with E-state index < -0.39 is 0 Å². The Balaban J connectivity index is 1.28. The monoisotopic (exact) mass is 524 g/mol. The zero-order valence-electron chi connectivity index (χ0n) is 23.7. The maximum atomic E-state index is 11.8. The summed E-state index contributed by atoms with van der Waals surface area (Å²) in [5, 5.41) is 0. The van der Waals surface area contributed by atoms with Gasteiger partial charge in [-0.3, -0.25) is 4.79 Å². The summed E-state index contributed by atoms with van der Waals surface area (Å²) >= 11 is 0. The van der Waals surface area contributed by atoms with Gasteiger partial charge in [-0.05, 0) is 109 Å². The predicted molar refractivity (Wildman–Crippen MR) is 168 cm³/mol. The third kappa shape index (κ3) is 6.81. The number of aryl methyl sites for hydroxylation is 1. The Bertz CT molecular complexity index is 1420. The van der Waals surface area contributed by atoms with Gasteiger partial charge in [0.15, 0.2) is 5.78 Å². The van der Waals surface area contributed by atoms with Crippen LogP contribution in [0.5, 0.6) is 0 Å². The lowest BCUT2D eigenvalue weighted by Gasteiger charge is -2.36. The number of rotatable bonds is 10. The Labute approximate surface area is 240 Å². The van der Waals surface area contributed by atoms with E-state index in [9.17, 15) is 4.79 Å². The standard InChI is InChI=1S/C39H40O/c1-4-30-12-14-32(15-13-30)26-33-16-18-35(19-17-33)39(28(2)10-11-31-8-6-5-7-9-31)36-22-20-34(21-23-36)38-25-24-37(27-38)29(3)40/h1,5-9,12-15,20-25,33,35,39H,2,10-11,16-19,26-27H2,3H3. The number of carbonyl (C=O) groups excluding carboxylic acids is 1. The Morgan fingerprint density at radius 1 is 0.900 bits per heavy atom. The first-order valence-corrected chi connectivity index (χ1v) is 14.8. The number of carbonyl (C=O) groups is 1. The third-order valence-corrected chi connectivity index (χ3v) is 8.98. The van der Waals surface area contributed by atoms with Gasteiger partial charge in [-0.25, -0.2) is 0 Å². The van der Waals surface area contributed by atoms with Crippen molar-refractivity contribution < 1.29 is 4.79 Å². The van der Waals surface area contributed by atoms with E-state index in [1.165, 1.54) is 59.1 Å². The van der Waals surface area contributed by atoms with Crippen LogP contribution in [0, 0.1) is 24.2 Å². The number of benzene rings is 3. The molecule has 2 aliphatic rings. The molecular weight excluding hydrogens is 484 g/mol. The molecule has 1 atom stereocenters. The molecule has 1 fully saturated rings. The molecule has 5 rings (SSSR count). The molecule has 1 saturated carbocycles. The Kier molecular flexibility index (Phi) is 8.98. The summed E-state index contributed by atoms with van der Waals surface area (Å²) in [7, 11) is 0. The third-order valence-electron chi connectivity index (χ3n) is 8.98. The van der Waals surface area contributed by atoms with Crippen LogP contribution in [0.2, 0.25) is 0 Å². The maximum Gasteiger partial charge on any atom is 0.156 e. The van der Waals surface area contributed by atoms with Gasteiger partial charge in [-0.1, -0.05) is 97.0 Å². The summed E-state index contributed by atoms with van der Waals surface area (Å²) < 4.78 is 0. The molecule has 0 aliphatic heterocycles. The Morgan fingerprint density at radius 2 is 1.60 bits per heavy atom. The first kappa shape index (κ1) is 27.7. The van der Waals surface area contributed by atoms with E-state index in [1.807, 2.05) is 6.08 Å². The van der Waals surface area contributed by atoms with Crippen LogP contribution in [0.3, 0.4) is 0 Å². The average Bonchev–Trinajstić information content (AvgIpc) is 3.49. The lowest BCUT2D eigenvalue weighted by atomic mass is 9.69. The van der Waals surface area contributed by atoms with Crippen molar-refractivity contribution in [2.75, 3.05) is 0 Å². The van der Waals surface area contributed by atoms with Gasteiger partial charge in [-0.2, -0.15) is 0 Å². The van der Waals surface area contributed by atoms with Gasteiger partial charge >= 0.3 is 0 Å². The number of allylic oxidation sites excluding steroid dienone is 5. The summed E-state index contributed by atoms with van der Waals surface area (Å²) in [6, 6.07) is 28.4. The van der Waals surface area contributed by atoms with Gasteiger partial charge in [0.2, 0.25) is 0 Å².